The zero-order chi connectivity index (χ0) is 20.9. The summed E-state index contributed by atoms with van der Waals surface area (Å²) in [5.74, 6) is -0.756. The zero-order valence-electron chi connectivity index (χ0n) is 15.5. The molecule has 2 aromatic carbocycles. The maximum Gasteiger partial charge on any atom is 0.263 e. The molecule has 0 radical (unpaired) electrons. The van der Waals surface area contributed by atoms with Gasteiger partial charge in [-0.1, -0.05) is 55.9 Å². The van der Waals surface area contributed by atoms with E-state index in [0.717, 1.165) is 6.33 Å². The van der Waals surface area contributed by atoms with Crippen molar-refractivity contribution >= 4 is 23.1 Å². The molecule has 0 N–H and O–H groups in total. The standard InChI is InChI=1S/C21H15ClFN3O4.CH4/c1-13(19-26-28-11-10-27-19)14-6-2-4-8-16(14)29-20-18(23)21(25-12-24-20)30-17-9-5-3-7-15(17)22;/h2-9,12H,1,10-11H2;1H4. The molecular weight excluding hydrogens is 425 g/mol. The van der Waals surface area contributed by atoms with Gasteiger partial charge in [0.05, 0.1) is 5.02 Å². The first-order chi connectivity index (χ1) is 14.6. The molecule has 0 fully saturated rings. The average molecular weight is 444 g/mol. The van der Waals surface area contributed by atoms with Gasteiger partial charge in [-0.25, -0.2) is 0 Å². The van der Waals surface area contributed by atoms with E-state index in [1.165, 1.54) is 0 Å². The third kappa shape index (κ3) is 4.92. The van der Waals surface area contributed by atoms with E-state index in [1.807, 2.05) is 0 Å². The van der Waals surface area contributed by atoms with E-state index in [0.29, 0.717) is 35.1 Å². The molecule has 9 heteroatoms. The first kappa shape index (κ1) is 22.0. The van der Waals surface area contributed by atoms with Crippen LogP contribution in [0.25, 0.3) is 5.57 Å². The topological polar surface area (TPSA) is 75.1 Å². The normalized spacial score (nSPS) is 12.5. The van der Waals surface area contributed by atoms with Crippen LogP contribution in [-0.4, -0.2) is 29.1 Å². The number of hydrogen-bond donors (Lipinski definition) is 0. The van der Waals surface area contributed by atoms with Crippen LogP contribution in [0.15, 0.2) is 66.6 Å². The van der Waals surface area contributed by atoms with E-state index in [1.54, 1.807) is 48.5 Å². The van der Waals surface area contributed by atoms with E-state index in [9.17, 15) is 4.39 Å². The highest BCUT2D eigenvalue weighted by atomic mass is 35.5. The van der Waals surface area contributed by atoms with Crippen LogP contribution in [0.1, 0.15) is 13.0 Å². The van der Waals surface area contributed by atoms with Crippen LogP contribution in [-0.2, 0) is 9.57 Å². The van der Waals surface area contributed by atoms with E-state index >= 15 is 0 Å². The fraction of sp³-hybridized carbons (Fsp3) is 0.136. The summed E-state index contributed by atoms with van der Waals surface area (Å²) in [5.41, 5.74) is 0.959. The van der Waals surface area contributed by atoms with Crippen LogP contribution >= 0.6 is 11.6 Å². The van der Waals surface area contributed by atoms with Gasteiger partial charge in [0.15, 0.2) is 6.61 Å². The largest absolute Gasteiger partial charge is 0.471 e. The quantitative estimate of drug-likeness (QED) is 0.474. The third-order valence-electron chi connectivity index (χ3n) is 4.01. The molecule has 4 rings (SSSR count). The maximum absolute atomic E-state index is 15.0. The molecule has 1 aliphatic heterocycles. The van der Waals surface area contributed by atoms with Crippen molar-refractivity contribution < 1.29 is 23.4 Å². The summed E-state index contributed by atoms with van der Waals surface area (Å²) in [6, 6.07) is 13.5. The van der Waals surface area contributed by atoms with Crippen molar-refractivity contribution in [3.8, 4) is 23.3 Å². The molecule has 1 aromatic heterocycles. The van der Waals surface area contributed by atoms with Crippen molar-refractivity contribution in [3.05, 3.63) is 77.8 Å². The number of oxime groups is 1. The van der Waals surface area contributed by atoms with Crippen LogP contribution in [0.2, 0.25) is 5.02 Å². The summed E-state index contributed by atoms with van der Waals surface area (Å²) in [6.45, 7) is 4.68. The molecule has 2 heterocycles. The Bertz CT molecular complexity index is 1120. The lowest BCUT2D eigenvalue weighted by Crippen LogP contribution is -2.17. The summed E-state index contributed by atoms with van der Waals surface area (Å²) in [5, 5.41) is 4.16. The lowest BCUT2D eigenvalue weighted by atomic mass is 10.1. The fourth-order valence-corrected chi connectivity index (χ4v) is 2.76. The highest BCUT2D eigenvalue weighted by Gasteiger charge is 2.21. The Morgan fingerprint density at radius 2 is 1.61 bits per heavy atom. The van der Waals surface area contributed by atoms with Gasteiger partial charge in [-0.05, 0) is 23.4 Å². The van der Waals surface area contributed by atoms with Gasteiger partial charge < -0.3 is 19.0 Å². The van der Waals surface area contributed by atoms with Crippen molar-refractivity contribution in [1.29, 1.82) is 0 Å². The third-order valence-corrected chi connectivity index (χ3v) is 4.32. The zero-order valence-corrected chi connectivity index (χ0v) is 16.3. The first-order valence-electron chi connectivity index (χ1n) is 8.85. The van der Waals surface area contributed by atoms with E-state index in [2.05, 4.69) is 21.7 Å². The molecule has 3 aromatic rings. The summed E-state index contributed by atoms with van der Waals surface area (Å²) in [4.78, 5) is 12.7. The van der Waals surface area contributed by atoms with Gasteiger partial charge in [0, 0.05) is 11.1 Å². The number of nitrogens with zero attached hydrogens (tertiary/aromatic N) is 3. The van der Waals surface area contributed by atoms with Gasteiger partial charge in [0.1, 0.15) is 24.4 Å². The summed E-state index contributed by atoms with van der Waals surface area (Å²) < 4.78 is 31.6. The molecule has 0 aliphatic carbocycles. The number of aromatic nitrogens is 2. The van der Waals surface area contributed by atoms with Gasteiger partial charge in [-0.3, -0.25) is 0 Å². The predicted octanol–water partition coefficient (Wildman–Crippen LogP) is 5.86. The van der Waals surface area contributed by atoms with Crippen molar-refractivity contribution in [1.82, 2.24) is 9.97 Å². The summed E-state index contributed by atoms with van der Waals surface area (Å²) in [7, 11) is 0. The maximum atomic E-state index is 15.0. The van der Waals surface area contributed by atoms with Gasteiger partial charge in [-0.2, -0.15) is 14.4 Å². The monoisotopic (exact) mass is 443 g/mol. The Kier molecular flexibility index (Phi) is 7.04. The van der Waals surface area contributed by atoms with Crippen molar-refractivity contribution in [2.24, 2.45) is 5.16 Å². The number of ether oxygens (including phenoxy) is 3. The molecule has 0 unspecified atom stereocenters. The Morgan fingerprint density at radius 3 is 2.29 bits per heavy atom. The van der Waals surface area contributed by atoms with Crippen LogP contribution in [0.4, 0.5) is 4.39 Å². The number of halogens is 2. The van der Waals surface area contributed by atoms with Crippen molar-refractivity contribution in [2.75, 3.05) is 13.2 Å². The molecule has 0 saturated heterocycles. The Balaban J connectivity index is 0.00000272. The second-order valence-corrected chi connectivity index (χ2v) is 6.39. The number of para-hydroxylation sites is 2. The number of benzene rings is 2. The van der Waals surface area contributed by atoms with Crippen LogP contribution in [0, 0.1) is 5.82 Å². The number of rotatable bonds is 6. The van der Waals surface area contributed by atoms with E-state index < -0.39 is 5.82 Å². The van der Waals surface area contributed by atoms with E-state index in [-0.39, 0.29) is 30.8 Å². The van der Waals surface area contributed by atoms with Crippen molar-refractivity contribution in [2.45, 2.75) is 7.43 Å². The van der Waals surface area contributed by atoms with Gasteiger partial charge >= 0.3 is 0 Å². The van der Waals surface area contributed by atoms with Crippen molar-refractivity contribution in [3.63, 3.8) is 0 Å². The molecule has 7 nitrogen and oxygen atoms in total. The van der Waals surface area contributed by atoms with Gasteiger partial charge in [0.2, 0.25) is 5.82 Å². The van der Waals surface area contributed by atoms with Crippen LogP contribution < -0.4 is 9.47 Å². The molecule has 1 aliphatic rings. The molecular formula is C22H19ClFN3O4. The second-order valence-electron chi connectivity index (χ2n) is 5.99. The lowest BCUT2D eigenvalue weighted by Gasteiger charge is -2.17. The average Bonchev–Trinajstić information content (AvgIpc) is 2.78. The number of hydrogen-bond acceptors (Lipinski definition) is 7. The van der Waals surface area contributed by atoms with E-state index in [4.69, 9.17) is 30.6 Å². The van der Waals surface area contributed by atoms with Gasteiger partial charge in [-0.15, -0.1) is 0 Å². The second kappa shape index (κ2) is 9.90. The molecule has 0 spiro atoms. The Hall–Kier alpha value is -3.65. The SMILES string of the molecule is C.C=C(C1=NOCCO1)c1ccccc1Oc1ncnc(Oc2ccccc2Cl)c1F. The molecule has 0 bridgehead atoms. The highest BCUT2D eigenvalue weighted by Crippen LogP contribution is 2.35. The molecule has 0 amide bonds. The minimum Gasteiger partial charge on any atom is -0.471 e. The molecule has 0 saturated carbocycles. The van der Waals surface area contributed by atoms with Crippen LogP contribution in [0.3, 0.4) is 0 Å². The summed E-state index contributed by atoms with van der Waals surface area (Å²) in [6.07, 6.45) is 1.13. The molecule has 0 atom stereocenters. The Morgan fingerprint density at radius 1 is 0.968 bits per heavy atom. The minimum absolute atomic E-state index is 0. The molecule has 160 valence electrons. The smallest absolute Gasteiger partial charge is 0.263 e. The van der Waals surface area contributed by atoms with Gasteiger partial charge in [0.25, 0.3) is 17.7 Å². The lowest BCUT2D eigenvalue weighted by molar-refractivity contribution is 0.0669. The minimum atomic E-state index is -0.882. The molecule has 31 heavy (non-hydrogen) atoms. The Labute approximate surface area is 183 Å². The highest BCUT2D eigenvalue weighted by molar-refractivity contribution is 6.32. The first-order valence-corrected chi connectivity index (χ1v) is 9.23. The summed E-state index contributed by atoms with van der Waals surface area (Å²) >= 11 is 6.06. The predicted molar refractivity (Wildman–Crippen MR) is 115 cm³/mol. The van der Waals surface area contributed by atoms with Crippen LogP contribution in [0.5, 0.6) is 23.3 Å². The fourth-order valence-electron chi connectivity index (χ4n) is 2.59.